The molecule has 0 aliphatic heterocycles. The SMILES string of the molecule is [N-]=[N+]=NCC#Cc1c[nH]c2ncccc12. The Labute approximate surface area is 85.8 Å². The molecule has 2 aromatic rings. The van der Waals surface area contributed by atoms with Gasteiger partial charge in [-0.1, -0.05) is 17.0 Å². The molecule has 0 fully saturated rings. The van der Waals surface area contributed by atoms with E-state index < -0.39 is 0 Å². The van der Waals surface area contributed by atoms with Gasteiger partial charge in [-0.2, -0.15) is 0 Å². The van der Waals surface area contributed by atoms with E-state index in [0.717, 1.165) is 16.6 Å². The molecule has 15 heavy (non-hydrogen) atoms. The lowest BCUT2D eigenvalue weighted by atomic mass is 10.2. The molecule has 2 aromatic heterocycles. The smallest absolute Gasteiger partial charge is 0.138 e. The van der Waals surface area contributed by atoms with Gasteiger partial charge < -0.3 is 4.98 Å². The van der Waals surface area contributed by atoms with Crippen molar-refractivity contribution in [3.8, 4) is 11.8 Å². The van der Waals surface area contributed by atoms with Gasteiger partial charge in [0.25, 0.3) is 0 Å². The van der Waals surface area contributed by atoms with Crippen LogP contribution in [0.5, 0.6) is 0 Å². The zero-order valence-corrected chi connectivity index (χ0v) is 7.81. The highest BCUT2D eigenvalue weighted by Gasteiger charge is 1.99. The van der Waals surface area contributed by atoms with Crippen molar-refractivity contribution in [3.05, 3.63) is 40.5 Å². The summed E-state index contributed by atoms with van der Waals surface area (Å²) < 4.78 is 0. The van der Waals surface area contributed by atoms with Crippen LogP contribution in [0.1, 0.15) is 5.56 Å². The predicted octanol–water partition coefficient (Wildman–Crippen LogP) is 2.22. The van der Waals surface area contributed by atoms with Gasteiger partial charge in [-0.3, -0.25) is 0 Å². The Hall–Kier alpha value is -2.44. The van der Waals surface area contributed by atoms with Crippen LogP contribution in [0.2, 0.25) is 0 Å². The Morgan fingerprint density at radius 3 is 3.40 bits per heavy atom. The first-order valence-corrected chi connectivity index (χ1v) is 4.33. The monoisotopic (exact) mass is 197 g/mol. The first-order valence-electron chi connectivity index (χ1n) is 4.33. The largest absolute Gasteiger partial charge is 0.345 e. The van der Waals surface area contributed by atoms with E-state index in [1.54, 1.807) is 12.4 Å². The summed E-state index contributed by atoms with van der Waals surface area (Å²) in [6.45, 7) is 0.184. The predicted molar refractivity (Wildman–Crippen MR) is 57.0 cm³/mol. The summed E-state index contributed by atoms with van der Waals surface area (Å²) in [5.41, 5.74) is 9.75. The third-order valence-corrected chi connectivity index (χ3v) is 1.89. The number of H-pyrrole nitrogens is 1. The summed E-state index contributed by atoms with van der Waals surface area (Å²) in [6.07, 6.45) is 3.51. The third-order valence-electron chi connectivity index (χ3n) is 1.89. The van der Waals surface area contributed by atoms with Crippen molar-refractivity contribution in [1.29, 1.82) is 0 Å². The third kappa shape index (κ3) is 1.90. The topological polar surface area (TPSA) is 77.4 Å². The van der Waals surface area contributed by atoms with Crippen LogP contribution in [-0.4, -0.2) is 16.5 Å². The second-order valence-electron chi connectivity index (χ2n) is 2.79. The highest BCUT2D eigenvalue weighted by atomic mass is 15.1. The lowest BCUT2D eigenvalue weighted by molar-refractivity contribution is 1.25. The number of nitrogens with zero attached hydrogens (tertiary/aromatic N) is 4. The van der Waals surface area contributed by atoms with Crippen molar-refractivity contribution in [2.45, 2.75) is 0 Å². The summed E-state index contributed by atoms with van der Waals surface area (Å²) in [7, 11) is 0. The molecule has 0 aromatic carbocycles. The molecule has 0 bridgehead atoms. The van der Waals surface area contributed by atoms with Gasteiger partial charge in [-0.25, -0.2) is 4.98 Å². The van der Waals surface area contributed by atoms with E-state index in [4.69, 9.17) is 5.53 Å². The van der Waals surface area contributed by atoms with Crippen LogP contribution in [0.25, 0.3) is 21.5 Å². The van der Waals surface area contributed by atoms with Gasteiger partial charge in [-0.05, 0) is 17.7 Å². The second-order valence-corrected chi connectivity index (χ2v) is 2.79. The van der Waals surface area contributed by atoms with E-state index in [0.29, 0.717) is 0 Å². The number of azide groups is 1. The van der Waals surface area contributed by atoms with Crippen molar-refractivity contribution in [2.24, 2.45) is 5.11 Å². The van der Waals surface area contributed by atoms with Gasteiger partial charge in [0.05, 0.1) is 12.1 Å². The number of fused-ring (bicyclic) bond motifs is 1. The van der Waals surface area contributed by atoms with E-state index in [-0.39, 0.29) is 6.54 Å². The molecule has 0 unspecified atom stereocenters. The zero-order chi connectivity index (χ0) is 10.5. The Morgan fingerprint density at radius 2 is 2.53 bits per heavy atom. The molecule has 0 radical (unpaired) electrons. The van der Waals surface area contributed by atoms with E-state index in [2.05, 4.69) is 31.8 Å². The molecule has 0 spiro atoms. The Balaban J connectivity index is 2.35. The van der Waals surface area contributed by atoms with Crippen LogP contribution in [0.4, 0.5) is 0 Å². The minimum Gasteiger partial charge on any atom is -0.345 e. The Morgan fingerprint density at radius 1 is 1.60 bits per heavy atom. The fourth-order valence-electron chi connectivity index (χ4n) is 1.26. The molecule has 0 aliphatic rings. The molecular formula is C10H7N5. The number of nitrogens with one attached hydrogen (secondary N) is 1. The first-order chi connectivity index (χ1) is 7.42. The summed E-state index contributed by atoms with van der Waals surface area (Å²) >= 11 is 0. The van der Waals surface area contributed by atoms with Gasteiger partial charge in [0, 0.05) is 22.7 Å². The molecule has 0 amide bonds. The van der Waals surface area contributed by atoms with Gasteiger partial charge in [0.2, 0.25) is 0 Å². The van der Waals surface area contributed by atoms with Crippen molar-refractivity contribution in [2.75, 3.05) is 6.54 Å². The van der Waals surface area contributed by atoms with E-state index in [9.17, 15) is 0 Å². The number of aromatic nitrogens is 2. The quantitative estimate of drug-likeness (QED) is 0.323. The molecular weight excluding hydrogens is 190 g/mol. The summed E-state index contributed by atoms with van der Waals surface area (Å²) in [5.74, 6) is 5.68. The zero-order valence-electron chi connectivity index (χ0n) is 7.81. The molecule has 0 saturated heterocycles. The molecule has 72 valence electrons. The van der Waals surface area contributed by atoms with Gasteiger partial charge in [-0.15, -0.1) is 0 Å². The van der Waals surface area contributed by atoms with E-state index in [1.165, 1.54) is 0 Å². The molecule has 0 atom stereocenters. The van der Waals surface area contributed by atoms with Gasteiger partial charge >= 0.3 is 0 Å². The van der Waals surface area contributed by atoms with Crippen LogP contribution in [0.3, 0.4) is 0 Å². The molecule has 2 heterocycles. The maximum atomic E-state index is 8.07. The summed E-state index contributed by atoms with van der Waals surface area (Å²) in [6, 6.07) is 3.80. The fraction of sp³-hybridized carbons (Fsp3) is 0.100. The van der Waals surface area contributed by atoms with Crippen LogP contribution in [-0.2, 0) is 0 Å². The normalized spacial score (nSPS) is 9.07. The van der Waals surface area contributed by atoms with Crippen molar-refractivity contribution in [3.63, 3.8) is 0 Å². The number of hydrogen-bond acceptors (Lipinski definition) is 2. The van der Waals surface area contributed by atoms with Crippen LogP contribution in [0, 0.1) is 11.8 Å². The molecule has 5 nitrogen and oxygen atoms in total. The Kier molecular flexibility index (Phi) is 2.54. The minimum absolute atomic E-state index is 0.184. The number of aromatic amines is 1. The summed E-state index contributed by atoms with van der Waals surface area (Å²) in [4.78, 5) is 9.77. The average molecular weight is 197 g/mol. The molecule has 1 N–H and O–H groups in total. The fourth-order valence-corrected chi connectivity index (χ4v) is 1.26. The lowest BCUT2D eigenvalue weighted by Crippen LogP contribution is -1.74. The standard InChI is InChI=1S/C10H7N5/c11-15-14-6-1-3-8-7-13-10-9(8)4-2-5-12-10/h2,4-5,7H,6H2,(H,12,13). The maximum absolute atomic E-state index is 8.07. The number of hydrogen-bond donors (Lipinski definition) is 1. The Bertz CT molecular complexity index is 580. The lowest BCUT2D eigenvalue weighted by Gasteiger charge is -1.86. The first kappa shape index (κ1) is 9.13. The van der Waals surface area contributed by atoms with Crippen LogP contribution >= 0.6 is 0 Å². The van der Waals surface area contributed by atoms with Crippen molar-refractivity contribution >= 4 is 11.0 Å². The van der Waals surface area contributed by atoms with Crippen LogP contribution in [0.15, 0.2) is 29.6 Å². The maximum Gasteiger partial charge on any atom is 0.138 e. The van der Waals surface area contributed by atoms with E-state index in [1.807, 2.05) is 12.1 Å². The van der Waals surface area contributed by atoms with Crippen molar-refractivity contribution < 1.29 is 0 Å². The van der Waals surface area contributed by atoms with Crippen LogP contribution < -0.4 is 0 Å². The van der Waals surface area contributed by atoms with Crippen molar-refractivity contribution in [1.82, 2.24) is 9.97 Å². The molecule has 0 saturated carbocycles. The van der Waals surface area contributed by atoms with Gasteiger partial charge in [0.1, 0.15) is 5.65 Å². The number of rotatable bonds is 1. The number of pyridine rings is 1. The second kappa shape index (κ2) is 4.18. The molecule has 2 rings (SSSR count). The molecule has 5 heteroatoms. The van der Waals surface area contributed by atoms with Gasteiger partial charge in [0.15, 0.2) is 0 Å². The minimum atomic E-state index is 0.184. The average Bonchev–Trinajstić information content (AvgIpc) is 2.68. The molecule has 0 aliphatic carbocycles. The summed E-state index contributed by atoms with van der Waals surface area (Å²) in [5, 5.41) is 4.31. The highest BCUT2D eigenvalue weighted by Crippen LogP contribution is 2.13. The van der Waals surface area contributed by atoms with E-state index >= 15 is 0 Å². The highest BCUT2D eigenvalue weighted by molar-refractivity contribution is 5.82.